The molecule has 8 heteroatoms. The largest absolute Gasteiger partial charge is 0.497 e. The van der Waals surface area contributed by atoms with Gasteiger partial charge in [-0.25, -0.2) is 0 Å². The van der Waals surface area contributed by atoms with Crippen molar-refractivity contribution in [2.75, 3.05) is 25.3 Å². The zero-order valence-electron chi connectivity index (χ0n) is 22.0. The van der Waals surface area contributed by atoms with Gasteiger partial charge in [0.15, 0.2) is 5.78 Å². The predicted molar refractivity (Wildman–Crippen MR) is 158 cm³/mol. The van der Waals surface area contributed by atoms with Crippen molar-refractivity contribution in [2.45, 2.75) is 4.90 Å². The van der Waals surface area contributed by atoms with Crippen molar-refractivity contribution in [3.63, 3.8) is 0 Å². The van der Waals surface area contributed by atoms with Crippen LogP contribution < -0.4 is 20.1 Å². The van der Waals surface area contributed by atoms with Crippen molar-refractivity contribution < 1.29 is 23.9 Å². The molecule has 4 aromatic rings. The summed E-state index contributed by atoms with van der Waals surface area (Å²) < 4.78 is 10.5. The van der Waals surface area contributed by atoms with Gasteiger partial charge < -0.3 is 20.1 Å². The third-order valence-electron chi connectivity index (χ3n) is 5.86. The highest BCUT2D eigenvalue weighted by Crippen LogP contribution is 2.24. The van der Waals surface area contributed by atoms with E-state index in [-0.39, 0.29) is 17.2 Å². The van der Waals surface area contributed by atoms with Crippen molar-refractivity contribution >= 4 is 41.1 Å². The molecule has 2 amide bonds. The molecule has 0 aliphatic carbocycles. The van der Waals surface area contributed by atoms with Crippen LogP contribution in [0.2, 0.25) is 0 Å². The smallest absolute Gasteiger partial charge is 0.272 e. The topological polar surface area (TPSA) is 93.7 Å². The molecule has 4 rings (SSSR count). The Bertz CT molecular complexity index is 1500. The van der Waals surface area contributed by atoms with Gasteiger partial charge in [0.25, 0.3) is 11.8 Å². The summed E-state index contributed by atoms with van der Waals surface area (Å²) in [5.74, 6) is 0.630. The normalized spacial score (nSPS) is 10.9. The van der Waals surface area contributed by atoms with Crippen LogP contribution in [0.4, 0.5) is 5.69 Å². The van der Waals surface area contributed by atoms with Gasteiger partial charge in [-0.05, 0) is 72.8 Å². The average Bonchev–Trinajstić information content (AvgIpc) is 3.00. The molecular weight excluding hydrogens is 524 g/mol. The molecule has 7 nitrogen and oxygen atoms in total. The summed E-state index contributed by atoms with van der Waals surface area (Å²) in [5.41, 5.74) is 2.27. The monoisotopic (exact) mass is 552 g/mol. The van der Waals surface area contributed by atoms with E-state index in [1.165, 1.54) is 11.8 Å². The van der Waals surface area contributed by atoms with Gasteiger partial charge in [0.05, 0.1) is 20.0 Å². The Morgan fingerprint density at radius 1 is 0.750 bits per heavy atom. The molecule has 0 fully saturated rings. The third-order valence-corrected chi connectivity index (χ3v) is 6.87. The summed E-state index contributed by atoms with van der Waals surface area (Å²) in [6.45, 7) is 0. The van der Waals surface area contributed by atoms with Crippen LogP contribution in [0.1, 0.15) is 26.3 Å². The molecule has 0 bridgehead atoms. The number of Topliss-reactive ketones (excluding diaryl/α,β-unsaturated/α-hetero) is 1. The summed E-state index contributed by atoms with van der Waals surface area (Å²) in [6, 6.07) is 30.0. The van der Waals surface area contributed by atoms with Gasteiger partial charge in [0.1, 0.15) is 17.2 Å². The SMILES string of the molecule is COc1ccc(C(=O)CSc2ccc(NC(=O)/C(=C/c3ccccc3OC)NC(=O)c3ccccc3)cc2)cc1. The lowest BCUT2D eigenvalue weighted by atomic mass is 10.1. The second-order valence-electron chi connectivity index (χ2n) is 8.54. The van der Waals surface area contributed by atoms with Crippen molar-refractivity contribution in [2.24, 2.45) is 0 Å². The first kappa shape index (κ1) is 28.2. The van der Waals surface area contributed by atoms with E-state index < -0.39 is 11.8 Å². The molecule has 202 valence electrons. The lowest BCUT2D eigenvalue weighted by Crippen LogP contribution is -2.30. The number of hydrogen-bond donors (Lipinski definition) is 2. The first-order valence-corrected chi connectivity index (χ1v) is 13.4. The molecule has 0 aliphatic rings. The zero-order chi connectivity index (χ0) is 28.3. The van der Waals surface area contributed by atoms with Crippen LogP contribution in [0.25, 0.3) is 6.08 Å². The summed E-state index contributed by atoms with van der Waals surface area (Å²) in [7, 11) is 3.12. The minimum atomic E-state index is -0.495. The lowest BCUT2D eigenvalue weighted by Gasteiger charge is -2.13. The Labute approximate surface area is 237 Å². The molecule has 4 aromatic carbocycles. The van der Waals surface area contributed by atoms with E-state index in [4.69, 9.17) is 9.47 Å². The van der Waals surface area contributed by atoms with Gasteiger partial charge in [-0.15, -0.1) is 11.8 Å². The number of carbonyl (C=O) groups excluding carboxylic acids is 3. The molecule has 0 unspecified atom stereocenters. The van der Waals surface area contributed by atoms with Crippen molar-refractivity contribution in [3.05, 3.63) is 126 Å². The highest BCUT2D eigenvalue weighted by molar-refractivity contribution is 8.00. The standard InChI is InChI=1S/C32H28N2O5S/c1-38-26-16-12-22(13-17-26)29(35)21-40-27-18-14-25(15-19-27)33-32(37)28(20-24-10-6-7-11-30(24)39-2)34-31(36)23-8-4-3-5-9-23/h3-20H,21H2,1-2H3,(H,33,37)(H,34,36)/b28-20-. The van der Waals surface area contributed by atoms with Crippen LogP contribution >= 0.6 is 11.8 Å². The molecule has 0 spiro atoms. The van der Waals surface area contributed by atoms with Crippen LogP contribution in [0.15, 0.2) is 114 Å². The maximum Gasteiger partial charge on any atom is 0.272 e. The van der Waals surface area contributed by atoms with Gasteiger partial charge >= 0.3 is 0 Å². The highest BCUT2D eigenvalue weighted by Gasteiger charge is 2.16. The van der Waals surface area contributed by atoms with E-state index in [1.54, 1.807) is 93.1 Å². The summed E-state index contributed by atoms with van der Waals surface area (Å²) in [4.78, 5) is 39.6. The van der Waals surface area contributed by atoms with Crippen LogP contribution in [-0.4, -0.2) is 37.6 Å². The van der Waals surface area contributed by atoms with Crippen LogP contribution in [-0.2, 0) is 4.79 Å². The molecule has 0 saturated heterocycles. The minimum absolute atomic E-state index is 0.00492. The number of thioether (sulfide) groups is 1. The number of methoxy groups -OCH3 is 2. The summed E-state index contributed by atoms with van der Waals surface area (Å²) >= 11 is 1.40. The number of rotatable bonds is 11. The average molecular weight is 553 g/mol. The molecule has 0 aromatic heterocycles. The van der Waals surface area contributed by atoms with E-state index in [0.29, 0.717) is 33.9 Å². The van der Waals surface area contributed by atoms with E-state index in [2.05, 4.69) is 10.6 Å². The number of carbonyl (C=O) groups is 3. The van der Waals surface area contributed by atoms with Crippen molar-refractivity contribution in [1.82, 2.24) is 5.32 Å². The predicted octanol–water partition coefficient (Wildman–Crippen LogP) is 6.09. The summed E-state index contributed by atoms with van der Waals surface area (Å²) in [5, 5.41) is 5.56. The fourth-order valence-electron chi connectivity index (χ4n) is 3.73. The van der Waals surface area contributed by atoms with Gasteiger partial charge in [-0.3, -0.25) is 14.4 Å². The number of nitrogens with one attached hydrogen (secondary N) is 2. The Morgan fingerprint density at radius 2 is 1.43 bits per heavy atom. The quantitative estimate of drug-likeness (QED) is 0.133. The van der Waals surface area contributed by atoms with Gasteiger partial charge in [-0.2, -0.15) is 0 Å². The van der Waals surface area contributed by atoms with Crippen molar-refractivity contribution in [3.8, 4) is 11.5 Å². The molecule has 40 heavy (non-hydrogen) atoms. The first-order chi connectivity index (χ1) is 19.5. The van der Waals surface area contributed by atoms with Gasteiger partial charge in [0.2, 0.25) is 0 Å². The zero-order valence-corrected chi connectivity index (χ0v) is 22.9. The van der Waals surface area contributed by atoms with E-state index in [0.717, 1.165) is 4.90 Å². The summed E-state index contributed by atoms with van der Waals surface area (Å²) in [6.07, 6.45) is 1.57. The third kappa shape index (κ3) is 7.61. The number of para-hydroxylation sites is 1. The Morgan fingerprint density at radius 3 is 2.10 bits per heavy atom. The van der Waals surface area contributed by atoms with Crippen molar-refractivity contribution in [1.29, 1.82) is 0 Å². The van der Waals surface area contributed by atoms with Gasteiger partial charge in [-0.1, -0.05) is 36.4 Å². The lowest BCUT2D eigenvalue weighted by molar-refractivity contribution is -0.113. The van der Waals surface area contributed by atoms with E-state index in [1.807, 2.05) is 30.3 Å². The Kier molecular flexibility index (Phi) is 9.74. The minimum Gasteiger partial charge on any atom is -0.497 e. The number of hydrogen-bond acceptors (Lipinski definition) is 6. The van der Waals surface area contributed by atoms with E-state index in [9.17, 15) is 14.4 Å². The Hall–Kier alpha value is -4.82. The number of amides is 2. The molecule has 0 saturated carbocycles. The van der Waals surface area contributed by atoms with Gasteiger partial charge in [0, 0.05) is 27.3 Å². The van der Waals surface area contributed by atoms with Crippen LogP contribution in [0, 0.1) is 0 Å². The first-order valence-electron chi connectivity index (χ1n) is 12.4. The van der Waals surface area contributed by atoms with E-state index >= 15 is 0 Å². The number of ether oxygens (including phenoxy) is 2. The molecule has 0 radical (unpaired) electrons. The molecular formula is C32H28N2O5S. The molecule has 2 N–H and O–H groups in total. The maximum atomic E-state index is 13.3. The molecule has 0 aliphatic heterocycles. The molecule has 0 atom stereocenters. The molecule has 0 heterocycles. The second kappa shape index (κ2) is 13.8. The van der Waals surface area contributed by atoms with Crippen LogP contribution in [0.5, 0.6) is 11.5 Å². The number of ketones is 1. The number of benzene rings is 4. The maximum absolute atomic E-state index is 13.3. The fraction of sp³-hybridized carbons (Fsp3) is 0.0938. The second-order valence-corrected chi connectivity index (χ2v) is 9.59. The van der Waals surface area contributed by atoms with Crippen LogP contribution in [0.3, 0.4) is 0 Å². The highest BCUT2D eigenvalue weighted by atomic mass is 32.2. The fourth-order valence-corrected chi connectivity index (χ4v) is 4.52. The number of anilines is 1. The Balaban J connectivity index is 1.45.